The standard InChI is InChI=1S/C16H21FN2O2/c1-3-16(2)15(21)19(11-9-14(20)18-16)10-8-12-6-4-5-7-13(12)17/h4-7H,3,8-11H2,1-2H3,(H,18,20). The van der Waals surface area contributed by atoms with Gasteiger partial charge in [-0.15, -0.1) is 0 Å². The fraction of sp³-hybridized carbons (Fsp3) is 0.500. The maximum absolute atomic E-state index is 13.6. The Labute approximate surface area is 124 Å². The predicted octanol–water partition coefficient (Wildman–Crippen LogP) is 1.89. The van der Waals surface area contributed by atoms with Crippen LogP contribution >= 0.6 is 0 Å². The molecule has 0 bridgehead atoms. The lowest BCUT2D eigenvalue weighted by Crippen LogP contribution is -2.54. The Morgan fingerprint density at radius 1 is 1.33 bits per heavy atom. The van der Waals surface area contributed by atoms with Crippen LogP contribution in [-0.4, -0.2) is 35.3 Å². The molecule has 1 aromatic rings. The summed E-state index contributed by atoms with van der Waals surface area (Å²) in [5.74, 6) is -0.458. The summed E-state index contributed by atoms with van der Waals surface area (Å²) in [5.41, 5.74) is -0.268. The van der Waals surface area contributed by atoms with Gasteiger partial charge in [0.2, 0.25) is 11.8 Å². The fourth-order valence-corrected chi connectivity index (χ4v) is 2.52. The first-order valence-electron chi connectivity index (χ1n) is 7.30. The van der Waals surface area contributed by atoms with E-state index in [2.05, 4.69) is 5.32 Å². The van der Waals surface area contributed by atoms with Crippen LogP contribution in [0, 0.1) is 5.82 Å². The third-order valence-electron chi connectivity index (χ3n) is 4.10. The predicted molar refractivity (Wildman–Crippen MR) is 78.1 cm³/mol. The molecule has 0 saturated carbocycles. The molecule has 0 spiro atoms. The Balaban J connectivity index is 2.10. The van der Waals surface area contributed by atoms with E-state index in [-0.39, 0.29) is 17.6 Å². The van der Waals surface area contributed by atoms with Gasteiger partial charge in [-0.2, -0.15) is 0 Å². The molecule has 1 aromatic carbocycles. The van der Waals surface area contributed by atoms with E-state index >= 15 is 0 Å². The minimum absolute atomic E-state index is 0.0906. The van der Waals surface area contributed by atoms with Crippen molar-refractivity contribution in [2.45, 2.75) is 38.6 Å². The Hall–Kier alpha value is -1.91. The Kier molecular flexibility index (Phi) is 4.60. The second kappa shape index (κ2) is 6.24. The van der Waals surface area contributed by atoms with Crippen molar-refractivity contribution in [2.75, 3.05) is 13.1 Å². The number of halogens is 1. The third-order valence-corrected chi connectivity index (χ3v) is 4.10. The zero-order valence-electron chi connectivity index (χ0n) is 12.5. The Bertz CT molecular complexity index is 547. The van der Waals surface area contributed by atoms with Crippen LogP contribution in [0.3, 0.4) is 0 Å². The summed E-state index contributed by atoms with van der Waals surface area (Å²) in [5, 5.41) is 2.79. The molecule has 1 N–H and O–H groups in total. The summed E-state index contributed by atoms with van der Waals surface area (Å²) in [6.45, 7) is 4.42. The summed E-state index contributed by atoms with van der Waals surface area (Å²) in [6.07, 6.45) is 1.28. The lowest BCUT2D eigenvalue weighted by Gasteiger charge is -2.31. The summed E-state index contributed by atoms with van der Waals surface area (Å²) < 4.78 is 13.6. The molecular weight excluding hydrogens is 271 g/mol. The van der Waals surface area contributed by atoms with E-state index in [1.807, 2.05) is 6.92 Å². The normalized spacial score (nSPS) is 22.9. The molecule has 0 aromatic heterocycles. The van der Waals surface area contributed by atoms with E-state index in [0.717, 1.165) is 0 Å². The summed E-state index contributed by atoms with van der Waals surface area (Å²) >= 11 is 0. The second-order valence-corrected chi connectivity index (χ2v) is 5.62. The van der Waals surface area contributed by atoms with Crippen LogP contribution in [0.15, 0.2) is 24.3 Å². The van der Waals surface area contributed by atoms with Crippen molar-refractivity contribution in [1.29, 1.82) is 0 Å². The number of rotatable bonds is 4. The molecule has 1 saturated heterocycles. The molecule has 4 nitrogen and oxygen atoms in total. The van der Waals surface area contributed by atoms with Crippen molar-refractivity contribution in [3.63, 3.8) is 0 Å². The van der Waals surface area contributed by atoms with Crippen LogP contribution < -0.4 is 5.32 Å². The average Bonchev–Trinajstić information content (AvgIpc) is 2.57. The molecule has 0 radical (unpaired) electrons. The Morgan fingerprint density at radius 3 is 2.71 bits per heavy atom. The van der Waals surface area contributed by atoms with Gasteiger partial charge in [0.15, 0.2) is 0 Å². The number of carbonyl (C=O) groups excluding carboxylic acids is 2. The van der Waals surface area contributed by atoms with Gasteiger partial charge in [-0.05, 0) is 31.4 Å². The SMILES string of the molecule is CCC1(C)NC(=O)CCN(CCc2ccccc2F)C1=O. The molecule has 1 atom stereocenters. The highest BCUT2D eigenvalue weighted by Gasteiger charge is 2.38. The van der Waals surface area contributed by atoms with E-state index in [1.54, 1.807) is 30.0 Å². The van der Waals surface area contributed by atoms with Crippen molar-refractivity contribution in [3.05, 3.63) is 35.6 Å². The molecule has 1 aliphatic rings. The first kappa shape index (κ1) is 15.5. The van der Waals surface area contributed by atoms with Gasteiger partial charge in [-0.3, -0.25) is 9.59 Å². The van der Waals surface area contributed by atoms with Gasteiger partial charge in [0.25, 0.3) is 0 Å². The highest BCUT2D eigenvalue weighted by molar-refractivity contribution is 5.93. The van der Waals surface area contributed by atoms with Gasteiger partial charge < -0.3 is 10.2 Å². The van der Waals surface area contributed by atoms with Crippen LogP contribution in [0.4, 0.5) is 4.39 Å². The zero-order valence-corrected chi connectivity index (χ0v) is 12.5. The van der Waals surface area contributed by atoms with Gasteiger partial charge in [0, 0.05) is 19.5 Å². The van der Waals surface area contributed by atoms with Crippen molar-refractivity contribution >= 4 is 11.8 Å². The molecule has 2 amide bonds. The van der Waals surface area contributed by atoms with E-state index in [0.29, 0.717) is 37.9 Å². The molecule has 1 fully saturated rings. The number of carbonyl (C=O) groups is 2. The summed E-state index contributed by atoms with van der Waals surface area (Å²) in [6, 6.07) is 6.57. The highest BCUT2D eigenvalue weighted by atomic mass is 19.1. The zero-order chi connectivity index (χ0) is 15.5. The van der Waals surface area contributed by atoms with Crippen molar-refractivity contribution in [1.82, 2.24) is 10.2 Å². The smallest absolute Gasteiger partial charge is 0.248 e. The van der Waals surface area contributed by atoms with Crippen LogP contribution in [-0.2, 0) is 16.0 Å². The molecule has 114 valence electrons. The highest BCUT2D eigenvalue weighted by Crippen LogP contribution is 2.18. The largest absolute Gasteiger partial charge is 0.342 e. The van der Waals surface area contributed by atoms with E-state index < -0.39 is 5.54 Å². The summed E-state index contributed by atoms with van der Waals surface area (Å²) in [7, 11) is 0. The molecule has 1 heterocycles. The van der Waals surface area contributed by atoms with Crippen LogP contribution in [0.5, 0.6) is 0 Å². The molecular formula is C16H21FN2O2. The first-order valence-corrected chi connectivity index (χ1v) is 7.30. The van der Waals surface area contributed by atoms with Crippen molar-refractivity contribution < 1.29 is 14.0 Å². The van der Waals surface area contributed by atoms with Crippen LogP contribution in [0.25, 0.3) is 0 Å². The lowest BCUT2D eigenvalue weighted by atomic mass is 9.97. The summed E-state index contributed by atoms with van der Waals surface area (Å²) in [4.78, 5) is 26.0. The number of benzene rings is 1. The van der Waals surface area contributed by atoms with Gasteiger partial charge in [-0.25, -0.2) is 4.39 Å². The van der Waals surface area contributed by atoms with E-state index in [9.17, 15) is 14.0 Å². The number of hydrogen-bond donors (Lipinski definition) is 1. The van der Waals surface area contributed by atoms with Gasteiger partial charge in [-0.1, -0.05) is 25.1 Å². The molecule has 1 aliphatic heterocycles. The molecule has 21 heavy (non-hydrogen) atoms. The maximum Gasteiger partial charge on any atom is 0.248 e. The van der Waals surface area contributed by atoms with Gasteiger partial charge in [0.1, 0.15) is 11.4 Å². The number of amides is 2. The average molecular weight is 292 g/mol. The molecule has 1 unspecified atom stereocenters. The fourth-order valence-electron chi connectivity index (χ4n) is 2.52. The van der Waals surface area contributed by atoms with Crippen molar-refractivity contribution in [2.24, 2.45) is 0 Å². The van der Waals surface area contributed by atoms with Gasteiger partial charge >= 0.3 is 0 Å². The maximum atomic E-state index is 13.6. The molecule has 2 rings (SSSR count). The monoisotopic (exact) mass is 292 g/mol. The van der Waals surface area contributed by atoms with Gasteiger partial charge in [0.05, 0.1) is 0 Å². The Morgan fingerprint density at radius 2 is 2.05 bits per heavy atom. The molecule has 0 aliphatic carbocycles. The van der Waals surface area contributed by atoms with Crippen LogP contribution in [0.1, 0.15) is 32.3 Å². The van der Waals surface area contributed by atoms with E-state index in [1.165, 1.54) is 6.07 Å². The minimum atomic E-state index is -0.858. The molecule has 5 heteroatoms. The third kappa shape index (κ3) is 3.40. The van der Waals surface area contributed by atoms with Crippen LogP contribution in [0.2, 0.25) is 0 Å². The number of nitrogens with one attached hydrogen (secondary N) is 1. The first-order chi connectivity index (χ1) is 9.96. The minimum Gasteiger partial charge on any atom is -0.342 e. The van der Waals surface area contributed by atoms with Crippen molar-refractivity contribution in [3.8, 4) is 0 Å². The number of hydrogen-bond acceptors (Lipinski definition) is 2. The number of nitrogens with zero attached hydrogens (tertiary/aromatic N) is 1. The van der Waals surface area contributed by atoms with E-state index in [4.69, 9.17) is 0 Å². The lowest BCUT2D eigenvalue weighted by molar-refractivity contribution is -0.138. The topological polar surface area (TPSA) is 49.4 Å². The second-order valence-electron chi connectivity index (χ2n) is 5.62. The quantitative estimate of drug-likeness (QED) is 0.921.